The first-order valence-corrected chi connectivity index (χ1v) is 11.6. The van der Waals surface area contributed by atoms with Gasteiger partial charge >= 0.3 is 0 Å². The van der Waals surface area contributed by atoms with Crippen LogP contribution in [0.15, 0.2) is 71.2 Å². The standard InChI is InChI=1S/C25H24BrN3O3/c26-23-8-4-7-18-13-19(9-10-22(18)23)25(31)28-15-21(16-28)29(32)20-11-12-27(14-20)24(30)17-5-2-1-3-6-17/h1-10,13,20-21,32H,11-12,14-16H2/t20-/m0/s1. The molecule has 32 heavy (non-hydrogen) atoms. The lowest BCUT2D eigenvalue weighted by Gasteiger charge is -2.44. The van der Waals surface area contributed by atoms with Gasteiger partial charge in [-0.1, -0.05) is 52.3 Å². The Morgan fingerprint density at radius 2 is 1.56 bits per heavy atom. The Balaban J connectivity index is 1.18. The molecule has 7 heteroatoms. The zero-order valence-corrected chi connectivity index (χ0v) is 19.1. The van der Waals surface area contributed by atoms with Gasteiger partial charge in [-0.3, -0.25) is 9.59 Å². The number of carbonyl (C=O) groups excluding carboxylic acids is 2. The van der Waals surface area contributed by atoms with Crippen molar-refractivity contribution in [2.45, 2.75) is 18.5 Å². The van der Waals surface area contributed by atoms with Gasteiger partial charge in [0.05, 0.1) is 12.1 Å². The van der Waals surface area contributed by atoms with E-state index >= 15 is 0 Å². The van der Waals surface area contributed by atoms with Crippen LogP contribution in [0.2, 0.25) is 0 Å². The molecular formula is C25H24BrN3O3. The third kappa shape index (κ3) is 3.92. The lowest BCUT2D eigenvalue weighted by molar-refractivity contribution is -0.182. The van der Waals surface area contributed by atoms with Crippen LogP contribution >= 0.6 is 15.9 Å². The highest BCUT2D eigenvalue weighted by Gasteiger charge is 2.40. The third-order valence-corrected chi connectivity index (χ3v) is 7.13. The molecule has 1 atom stereocenters. The summed E-state index contributed by atoms with van der Waals surface area (Å²) >= 11 is 3.54. The molecular weight excluding hydrogens is 470 g/mol. The van der Waals surface area contributed by atoms with Crippen LogP contribution in [0.3, 0.4) is 0 Å². The van der Waals surface area contributed by atoms with Crippen LogP contribution in [0.25, 0.3) is 10.8 Å². The normalized spacial score (nSPS) is 18.9. The van der Waals surface area contributed by atoms with Gasteiger partial charge in [-0.05, 0) is 47.5 Å². The summed E-state index contributed by atoms with van der Waals surface area (Å²) in [6.07, 6.45) is 0.721. The van der Waals surface area contributed by atoms with E-state index in [4.69, 9.17) is 0 Å². The fraction of sp³-hybridized carbons (Fsp3) is 0.280. The maximum Gasteiger partial charge on any atom is 0.253 e. The number of hydrogen-bond donors (Lipinski definition) is 1. The van der Waals surface area contributed by atoms with Gasteiger partial charge in [0.1, 0.15) is 0 Å². The first-order valence-electron chi connectivity index (χ1n) is 10.8. The summed E-state index contributed by atoms with van der Waals surface area (Å²) in [6.45, 7) is 2.08. The van der Waals surface area contributed by atoms with Crippen molar-refractivity contribution in [1.29, 1.82) is 0 Å². The number of halogens is 1. The van der Waals surface area contributed by atoms with Crippen molar-refractivity contribution in [1.82, 2.24) is 14.9 Å². The smallest absolute Gasteiger partial charge is 0.253 e. The minimum atomic E-state index is -0.108. The van der Waals surface area contributed by atoms with Crippen molar-refractivity contribution in [3.05, 3.63) is 82.3 Å². The minimum absolute atomic E-state index is 0.00476. The number of amides is 2. The molecule has 164 valence electrons. The van der Waals surface area contributed by atoms with Crippen LogP contribution in [-0.2, 0) is 0 Å². The highest BCUT2D eigenvalue weighted by Crippen LogP contribution is 2.27. The molecule has 0 aliphatic carbocycles. The second kappa shape index (κ2) is 8.65. The first kappa shape index (κ1) is 21.1. The van der Waals surface area contributed by atoms with Crippen LogP contribution in [0.1, 0.15) is 27.1 Å². The zero-order valence-electron chi connectivity index (χ0n) is 17.5. The van der Waals surface area contributed by atoms with Crippen molar-refractivity contribution < 1.29 is 14.8 Å². The molecule has 2 aliphatic heterocycles. The largest absolute Gasteiger partial charge is 0.337 e. The van der Waals surface area contributed by atoms with E-state index in [-0.39, 0.29) is 23.9 Å². The van der Waals surface area contributed by atoms with Gasteiger partial charge in [-0.2, -0.15) is 5.06 Å². The average molecular weight is 494 g/mol. The summed E-state index contributed by atoms with van der Waals surface area (Å²) in [5.41, 5.74) is 1.32. The molecule has 0 unspecified atom stereocenters. The summed E-state index contributed by atoms with van der Waals surface area (Å²) < 4.78 is 1.00. The maximum absolute atomic E-state index is 12.9. The van der Waals surface area contributed by atoms with E-state index in [1.165, 1.54) is 5.06 Å². The Kier molecular flexibility index (Phi) is 5.71. The van der Waals surface area contributed by atoms with Gasteiger partial charge in [0.15, 0.2) is 0 Å². The molecule has 0 radical (unpaired) electrons. The first-order chi connectivity index (χ1) is 15.5. The lowest BCUT2D eigenvalue weighted by Crippen LogP contribution is -2.62. The van der Waals surface area contributed by atoms with E-state index in [0.717, 1.165) is 21.7 Å². The number of fused-ring (bicyclic) bond motifs is 1. The summed E-state index contributed by atoms with van der Waals surface area (Å²) in [7, 11) is 0. The van der Waals surface area contributed by atoms with E-state index < -0.39 is 0 Å². The predicted molar refractivity (Wildman–Crippen MR) is 126 cm³/mol. The summed E-state index contributed by atoms with van der Waals surface area (Å²) in [5.74, 6) is -0.0290. The van der Waals surface area contributed by atoms with E-state index in [1.807, 2.05) is 66.7 Å². The Labute approximate surface area is 195 Å². The van der Waals surface area contributed by atoms with Crippen LogP contribution in [-0.4, -0.2) is 70.1 Å². The van der Waals surface area contributed by atoms with E-state index in [1.54, 1.807) is 9.80 Å². The molecule has 6 nitrogen and oxygen atoms in total. The average Bonchev–Trinajstić information content (AvgIpc) is 3.28. The van der Waals surface area contributed by atoms with Crippen LogP contribution < -0.4 is 0 Å². The van der Waals surface area contributed by atoms with Gasteiger partial charge < -0.3 is 15.0 Å². The summed E-state index contributed by atoms with van der Waals surface area (Å²) in [4.78, 5) is 29.1. The highest BCUT2D eigenvalue weighted by molar-refractivity contribution is 9.10. The molecule has 2 amide bonds. The molecule has 0 saturated carbocycles. The van der Waals surface area contributed by atoms with Crippen molar-refractivity contribution in [3.8, 4) is 0 Å². The fourth-order valence-corrected chi connectivity index (χ4v) is 5.07. The number of benzene rings is 3. The topological polar surface area (TPSA) is 64.1 Å². The Morgan fingerprint density at radius 3 is 2.34 bits per heavy atom. The summed E-state index contributed by atoms with van der Waals surface area (Å²) in [5, 5.41) is 14.2. The fourth-order valence-electron chi connectivity index (χ4n) is 4.55. The minimum Gasteiger partial charge on any atom is -0.337 e. The number of likely N-dealkylation sites (tertiary alicyclic amines) is 2. The quantitative estimate of drug-likeness (QED) is 0.557. The molecule has 3 aromatic rings. The number of hydrogen-bond acceptors (Lipinski definition) is 4. The van der Waals surface area contributed by atoms with Crippen LogP contribution in [0.4, 0.5) is 0 Å². The molecule has 1 N–H and O–H groups in total. The molecule has 2 heterocycles. The molecule has 0 bridgehead atoms. The van der Waals surface area contributed by atoms with Crippen LogP contribution in [0.5, 0.6) is 0 Å². The molecule has 3 aromatic carbocycles. The third-order valence-electron chi connectivity index (χ3n) is 6.44. The van der Waals surface area contributed by atoms with Crippen molar-refractivity contribution in [2.75, 3.05) is 26.2 Å². The Bertz CT molecular complexity index is 1160. The Hall–Kier alpha value is -2.74. The van der Waals surface area contributed by atoms with Gasteiger partial charge in [0.25, 0.3) is 11.8 Å². The number of nitrogens with zero attached hydrogens (tertiary/aromatic N) is 3. The number of rotatable bonds is 4. The molecule has 2 aliphatic rings. The second-order valence-corrected chi connectivity index (χ2v) is 9.33. The van der Waals surface area contributed by atoms with E-state index in [9.17, 15) is 14.8 Å². The van der Waals surface area contributed by atoms with Crippen molar-refractivity contribution in [2.24, 2.45) is 0 Å². The van der Waals surface area contributed by atoms with E-state index in [0.29, 0.717) is 37.3 Å². The Morgan fingerprint density at radius 1 is 0.844 bits per heavy atom. The van der Waals surface area contributed by atoms with E-state index in [2.05, 4.69) is 15.9 Å². The summed E-state index contributed by atoms with van der Waals surface area (Å²) in [6, 6.07) is 20.7. The van der Waals surface area contributed by atoms with Gasteiger partial charge in [-0.15, -0.1) is 0 Å². The van der Waals surface area contributed by atoms with Crippen molar-refractivity contribution in [3.63, 3.8) is 0 Å². The second-order valence-electron chi connectivity index (χ2n) is 8.48. The van der Waals surface area contributed by atoms with Gasteiger partial charge in [0.2, 0.25) is 0 Å². The number of hydroxylamine groups is 2. The molecule has 0 spiro atoms. The number of carbonyl (C=O) groups is 2. The molecule has 0 aromatic heterocycles. The van der Waals surface area contributed by atoms with Crippen LogP contribution in [0, 0.1) is 0 Å². The highest BCUT2D eigenvalue weighted by atomic mass is 79.9. The van der Waals surface area contributed by atoms with Gasteiger partial charge in [0, 0.05) is 41.8 Å². The lowest BCUT2D eigenvalue weighted by atomic mass is 10.0. The van der Waals surface area contributed by atoms with Crippen molar-refractivity contribution >= 4 is 38.5 Å². The van der Waals surface area contributed by atoms with Gasteiger partial charge in [-0.25, -0.2) is 0 Å². The maximum atomic E-state index is 12.9. The molecule has 5 rings (SSSR count). The predicted octanol–water partition coefficient (Wildman–Crippen LogP) is 4.03. The monoisotopic (exact) mass is 493 g/mol. The SMILES string of the molecule is O=C(c1ccc2c(Br)cccc2c1)N1CC(N(O)[C@H]2CCN(C(=O)c3ccccc3)C2)C1. The zero-order chi connectivity index (χ0) is 22.2. The molecule has 2 fully saturated rings. The molecule has 2 saturated heterocycles.